The van der Waals surface area contributed by atoms with Gasteiger partial charge in [-0.1, -0.05) is 29.8 Å². The molecule has 0 N–H and O–H groups in total. The van der Waals surface area contributed by atoms with E-state index in [0.717, 1.165) is 36.1 Å². The first-order valence-corrected chi connectivity index (χ1v) is 9.58. The van der Waals surface area contributed by atoms with E-state index >= 15 is 0 Å². The monoisotopic (exact) mass is 396 g/mol. The van der Waals surface area contributed by atoms with E-state index in [2.05, 4.69) is 19.9 Å². The van der Waals surface area contributed by atoms with Crippen LogP contribution in [0.2, 0.25) is 5.02 Å². The minimum atomic E-state index is 0.102. The molecule has 0 radical (unpaired) electrons. The number of aromatic nitrogens is 4. The summed E-state index contributed by atoms with van der Waals surface area (Å²) in [6.45, 7) is 4.71. The highest BCUT2D eigenvalue weighted by Crippen LogP contribution is 2.19. The molecule has 0 saturated carbocycles. The van der Waals surface area contributed by atoms with Crippen molar-refractivity contribution in [2.45, 2.75) is 13.3 Å². The Balaban J connectivity index is 1.40. The van der Waals surface area contributed by atoms with Crippen molar-refractivity contribution in [3.8, 4) is 5.82 Å². The lowest BCUT2D eigenvalue weighted by Crippen LogP contribution is -2.49. The Morgan fingerprint density at radius 1 is 1.07 bits per heavy atom. The molecule has 3 aromatic rings. The molecule has 0 unspecified atom stereocenters. The van der Waals surface area contributed by atoms with E-state index in [1.165, 1.54) is 0 Å². The van der Waals surface area contributed by atoms with Crippen molar-refractivity contribution in [1.29, 1.82) is 0 Å². The van der Waals surface area contributed by atoms with Crippen LogP contribution in [0.25, 0.3) is 5.82 Å². The molecule has 1 aliphatic heterocycles. The zero-order valence-corrected chi connectivity index (χ0v) is 16.4. The fourth-order valence-electron chi connectivity index (χ4n) is 3.36. The molecule has 28 heavy (non-hydrogen) atoms. The Kier molecular flexibility index (Phi) is 5.25. The summed E-state index contributed by atoms with van der Waals surface area (Å²) in [4.78, 5) is 29.7. The Labute approximate surface area is 168 Å². The standard InChI is InChI=1S/C20H21ClN6O/c1-15-22-6-7-27(15)19-13-18(23-14-24-19)25-8-10-26(11-9-25)20(28)12-16-4-2-3-5-17(16)21/h2-7,13-14H,8-12H2,1H3. The van der Waals surface area contributed by atoms with Gasteiger partial charge < -0.3 is 9.80 Å². The van der Waals surface area contributed by atoms with Gasteiger partial charge in [-0.05, 0) is 18.6 Å². The number of amides is 1. The van der Waals surface area contributed by atoms with Crippen LogP contribution in [0.3, 0.4) is 0 Å². The van der Waals surface area contributed by atoms with Gasteiger partial charge in [0.25, 0.3) is 0 Å². The molecule has 1 aromatic carbocycles. The van der Waals surface area contributed by atoms with Crippen LogP contribution in [0.5, 0.6) is 0 Å². The van der Waals surface area contributed by atoms with Crippen molar-refractivity contribution < 1.29 is 4.79 Å². The maximum absolute atomic E-state index is 12.6. The predicted octanol–water partition coefficient (Wildman–Crippen LogP) is 2.52. The number of anilines is 1. The smallest absolute Gasteiger partial charge is 0.227 e. The van der Waals surface area contributed by atoms with E-state index in [9.17, 15) is 4.79 Å². The Morgan fingerprint density at radius 2 is 1.82 bits per heavy atom. The number of benzene rings is 1. The molecule has 1 fully saturated rings. The lowest BCUT2D eigenvalue weighted by Gasteiger charge is -2.35. The van der Waals surface area contributed by atoms with E-state index in [4.69, 9.17) is 11.6 Å². The van der Waals surface area contributed by atoms with Gasteiger partial charge in [0.15, 0.2) is 0 Å². The first kappa shape index (κ1) is 18.4. The molecule has 2 aromatic heterocycles. The molecule has 144 valence electrons. The zero-order valence-electron chi connectivity index (χ0n) is 15.6. The van der Waals surface area contributed by atoms with Crippen molar-refractivity contribution in [3.05, 3.63) is 65.5 Å². The number of hydrogen-bond acceptors (Lipinski definition) is 5. The third-order valence-corrected chi connectivity index (χ3v) is 5.34. The molecule has 0 spiro atoms. The molecule has 1 amide bonds. The molecule has 0 bridgehead atoms. The van der Waals surface area contributed by atoms with Gasteiger partial charge >= 0.3 is 0 Å². The molecule has 0 aliphatic carbocycles. The average molecular weight is 397 g/mol. The summed E-state index contributed by atoms with van der Waals surface area (Å²) < 4.78 is 1.93. The van der Waals surface area contributed by atoms with Crippen LogP contribution < -0.4 is 4.90 Å². The molecule has 4 rings (SSSR count). The fourth-order valence-corrected chi connectivity index (χ4v) is 3.57. The number of carbonyl (C=O) groups is 1. The number of halogens is 1. The number of nitrogens with zero attached hydrogens (tertiary/aromatic N) is 6. The van der Waals surface area contributed by atoms with E-state index in [1.807, 2.05) is 52.9 Å². The van der Waals surface area contributed by atoms with Gasteiger partial charge in [-0.15, -0.1) is 0 Å². The van der Waals surface area contributed by atoms with Crippen molar-refractivity contribution in [2.24, 2.45) is 0 Å². The summed E-state index contributed by atoms with van der Waals surface area (Å²) in [7, 11) is 0. The Hall–Kier alpha value is -2.93. The number of carbonyl (C=O) groups excluding carboxylic acids is 1. The van der Waals surface area contributed by atoms with Crippen molar-refractivity contribution >= 4 is 23.3 Å². The summed E-state index contributed by atoms with van der Waals surface area (Å²) in [5.74, 6) is 2.62. The molecular weight excluding hydrogens is 376 g/mol. The van der Waals surface area contributed by atoms with Gasteiger partial charge in [-0.25, -0.2) is 15.0 Å². The minimum Gasteiger partial charge on any atom is -0.353 e. The first-order valence-electron chi connectivity index (χ1n) is 9.20. The zero-order chi connectivity index (χ0) is 19.5. The van der Waals surface area contributed by atoms with Crippen LogP contribution >= 0.6 is 11.6 Å². The van der Waals surface area contributed by atoms with Crippen molar-refractivity contribution in [2.75, 3.05) is 31.1 Å². The van der Waals surface area contributed by atoms with Gasteiger partial charge in [0, 0.05) is 49.7 Å². The molecular formula is C20H21ClN6O. The molecule has 1 aliphatic rings. The highest BCUT2D eigenvalue weighted by atomic mass is 35.5. The maximum Gasteiger partial charge on any atom is 0.227 e. The number of hydrogen-bond donors (Lipinski definition) is 0. The van der Waals surface area contributed by atoms with Gasteiger partial charge in [-0.3, -0.25) is 9.36 Å². The first-order chi connectivity index (χ1) is 13.6. The number of piperazine rings is 1. The van der Waals surface area contributed by atoms with Crippen LogP contribution in [0, 0.1) is 6.92 Å². The highest BCUT2D eigenvalue weighted by Gasteiger charge is 2.23. The summed E-state index contributed by atoms with van der Waals surface area (Å²) in [6.07, 6.45) is 5.53. The van der Waals surface area contributed by atoms with Crippen LogP contribution in [-0.2, 0) is 11.2 Å². The normalized spacial score (nSPS) is 14.4. The van der Waals surface area contributed by atoms with E-state index in [1.54, 1.807) is 12.5 Å². The third-order valence-electron chi connectivity index (χ3n) is 4.97. The summed E-state index contributed by atoms with van der Waals surface area (Å²) >= 11 is 6.18. The average Bonchev–Trinajstić information content (AvgIpc) is 3.16. The highest BCUT2D eigenvalue weighted by molar-refractivity contribution is 6.31. The van der Waals surface area contributed by atoms with Gasteiger partial charge in [0.05, 0.1) is 6.42 Å². The van der Waals surface area contributed by atoms with Gasteiger partial charge in [0.2, 0.25) is 5.91 Å². The topological polar surface area (TPSA) is 67.2 Å². The lowest BCUT2D eigenvalue weighted by molar-refractivity contribution is -0.130. The second-order valence-electron chi connectivity index (χ2n) is 6.71. The Bertz CT molecular complexity index is 980. The molecule has 0 atom stereocenters. The number of aryl methyl sites for hydroxylation is 1. The second kappa shape index (κ2) is 7.98. The van der Waals surface area contributed by atoms with Crippen LogP contribution in [0.1, 0.15) is 11.4 Å². The van der Waals surface area contributed by atoms with Crippen LogP contribution in [-0.4, -0.2) is 56.5 Å². The number of rotatable bonds is 4. The van der Waals surface area contributed by atoms with Gasteiger partial charge in [-0.2, -0.15) is 0 Å². The number of imidazole rings is 1. The largest absolute Gasteiger partial charge is 0.353 e. The van der Waals surface area contributed by atoms with E-state index in [-0.39, 0.29) is 5.91 Å². The summed E-state index contributed by atoms with van der Waals surface area (Å²) in [5, 5.41) is 0.637. The van der Waals surface area contributed by atoms with Crippen LogP contribution in [0.15, 0.2) is 49.1 Å². The van der Waals surface area contributed by atoms with E-state index in [0.29, 0.717) is 24.5 Å². The quantitative estimate of drug-likeness (QED) is 0.677. The molecule has 1 saturated heterocycles. The maximum atomic E-state index is 12.6. The van der Waals surface area contributed by atoms with E-state index < -0.39 is 0 Å². The third kappa shape index (κ3) is 3.84. The minimum absolute atomic E-state index is 0.102. The fraction of sp³-hybridized carbons (Fsp3) is 0.300. The molecule has 7 nitrogen and oxygen atoms in total. The summed E-state index contributed by atoms with van der Waals surface area (Å²) in [6, 6.07) is 9.45. The molecule has 8 heteroatoms. The molecule has 3 heterocycles. The second-order valence-corrected chi connectivity index (χ2v) is 7.12. The van der Waals surface area contributed by atoms with Crippen LogP contribution in [0.4, 0.5) is 5.82 Å². The van der Waals surface area contributed by atoms with Crippen molar-refractivity contribution in [1.82, 2.24) is 24.4 Å². The van der Waals surface area contributed by atoms with Gasteiger partial charge in [0.1, 0.15) is 23.8 Å². The SMILES string of the molecule is Cc1nccn1-c1cc(N2CCN(C(=O)Cc3ccccc3Cl)CC2)ncn1. The Morgan fingerprint density at radius 3 is 2.54 bits per heavy atom. The summed E-state index contributed by atoms with van der Waals surface area (Å²) in [5.41, 5.74) is 0.868. The van der Waals surface area contributed by atoms with Crippen molar-refractivity contribution in [3.63, 3.8) is 0 Å². The lowest BCUT2D eigenvalue weighted by atomic mass is 10.1. The predicted molar refractivity (Wildman–Crippen MR) is 108 cm³/mol.